The summed E-state index contributed by atoms with van der Waals surface area (Å²) in [5.74, 6) is 1.38. The van der Waals surface area contributed by atoms with E-state index in [1.54, 1.807) is 48.5 Å². The maximum absolute atomic E-state index is 12.4. The van der Waals surface area contributed by atoms with Gasteiger partial charge in [0.2, 0.25) is 5.91 Å². The number of carbonyl (C=O) groups is 2. The predicted molar refractivity (Wildman–Crippen MR) is 100 cm³/mol. The summed E-state index contributed by atoms with van der Waals surface area (Å²) in [6.07, 6.45) is 5.13. The van der Waals surface area contributed by atoms with Gasteiger partial charge in [-0.1, -0.05) is 35.4 Å². The van der Waals surface area contributed by atoms with Crippen LogP contribution in [-0.4, -0.2) is 33.4 Å². The van der Waals surface area contributed by atoms with Gasteiger partial charge in [-0.2, -0.15) is 0 Å². The van der Waals surface area contributed by atoms with Crippen molar-refractivity contribution < 1.29 is 9.59 Å². The first-order valence-corrected chi connectivity index (χ1v) is 8.03. The van der Waals surface area contributed by atoms with E-state index in [0.29, 0.717) is 16.6 Å². The molecule has 0 saturated carbocycles. The predicted octanol–water partition coefficient (Wildman–Crippen LogP) is 0.793. The Morgan fingerprint density at radius 2 is 1.85 bits per heavy atom. The van der Waals surface area contributed by atoms with E-state index >= 15 is 0 Å². The van der Waals surface area contributed by atoms with E-state index in [2.05, 4.69) is 26.9 Å². The summed E-state index contributed by atoms with van der Waals surface area (Å²) in [7, 11) is 0. The number of anilines is 1. The Morgan fingerprint density at radius 1 is 1.11 bits per heavy atom. The first-order chi connectivity index (χ1) is 13.1. The lowest BCUT2D eigenvalue weighted by atomic mass is 10.1. The number of para-hydroxylation sites is 1. The van der Waals surface area contributed by atoms with Crippen LogP contribution in [0.15, 0.2) is 53.3 Å². The quantitative estimate of drug-likeness (QED) is 0.654. The fourth-order valence-corrected chi connectivity index (χ4v) is 2.47. The summed E-state index contributed by atoms with van der Waals surface area (Å²) in [5, 5.41) is 13.2. The maximum Gasteiger partial charge on any atom is 0.278 e. The summed E-state index contributed by atoms with van der Waals surface area (Å²) in [5.41, 5.74) is 0.599. The molecule has 0 unspecified atom stereocenters. The number of aromatic nitrogens is 3. The summed E-state index contributed by atoms with van der Waals surface area (Å²) in [4.78, 5) is 36.9. The van der Waals surface area contributed by atoms with Crippen LogP contribution in [-0.2, 0) is 11.3 Å². The van der Waals surface area contributed by atoms with Crippen LogP contribution in [0.2, 0.25) is 0 Å². The van der Waals surface area contributed by atoms with Crippen molar-refractivity contribution in [1.82, 2.24) is 20.3 Å². The average molecular weight is 361 g/mol. The molecule has 8 nitrogen and oxygen atoms in total. The highest BCUT2D eigenvalue weighted by Gasteiger charge is 2.14. The number of carbonyl (C=O) groups excluding carboxylic acids is 2. The molecule has 0 aliphatic rings. The first-order valence-electron chi connectivity index (χ1n) is 8.03. The number of amides is 2. The fraction of sp³-hybridized carbons (Fsp3) is 0.105. The van der Waals surface area contributed by atoms with Gasteiger partial charge >= 0.3 is 0 Å². The van der Waals surface area contributed by atoms with E-state index in [1.165, 1.54) is 0 Å². The van der Waals surface area contributed by atoms with Crippen molar-refractivity contribution in [3.63, 3.8) is 0 Å². The van der Waals surface area contributed by atoms with Crippen molar-refractivity contribution in [2.45, 2.75) is 6.54 Å². The van der Waals surface area contributed by atoms with Crippen LogP contribution < -0.4 is 16.2 Å². The van der Waals surface area contributed by atoms with Gasteiger partial charge < -0.3 is 10.6 Å². The van der Waals surface area contributed by atoms with Crippen molar-refractivity contribution in [1.29, 1.82) is 0 Å². The van der Waals surface area contributed by atoms with Crippen LogP contribution in [0.1, 0.15) is 10.4 Å². The molecule has 0 spiro atoms. The van der Waals surface area contributed by atoms with Crippen molar-refractivity contribution in [2.75, 3.05) is 11.9 Å². The van der Waals surface area contributed by atoms with E-state index < -0.39 is 17.4 Å². The highest BCUT2D eigenvalue weighted by molar-refractivity contribution is 6.03. The molecule has 134 valence electrons. The van der Waals surface area contributed by atoms with Gasteiger partial charge in [0.1, 0.15) is 12.1 Å². The second kappa shape index (κ2) is 7.93. The molecule has 0 atom stereocenters. The normalized spacial score (nSPS) is 10.2. The molecule has 3 rings (SSSR count). The number of nitrogens with zero attached hydrogens (tertiary/aromatic N) is 3. The average Bonchev–Trinajstić information content (AvgIpc) is 2.69. The zero-order valence-corrected chi connectivity index (χ0v) is 14.2. The van der Waals surface area contributed by atoms with E-state index in [4.69, 9.17) is 6.42 Å². The smallest absolute Gasteiger partial charge is 0.278 e. The third kappa shape index (κ3) is 3.99. The molecule has 0 bridgehead atoms. The summed E-state index contributed by atoms with van der Waals surface area (Å²) in [6.45, 7) is -0.264. The summed E-state index contributed by atoms with van der Waals surface area (Å²) >= 11 is 0. The van der Waals surface area contributed by atoms with Gasteiger partial charge in [-0.05, 0) is 24.3 Å². The van der Waals surface area contributed by atoms with E-state index in [0.717, 1.165) is 4.68 Å². The van der Waals surface area contributed by atoms with Gasteiger partial charge in [-0.15, -0.1) is 11.5 Å². The Morgan fingerprint density at radius 3 is 2.67 bits per heavy atom. The Balaban J connectivity index is 1.79. The Hall–Kier alpha value is -3.99. The first kappa shape index (κ1) is 17.8. The van der Waals surface area contributed by atoms with Crippen LogP contribution in [0, 0.1) is 12.3 Å². The minimum atomic E-state index is -0.515. The Labute approximate surface area is 154 Å². The number of hydrogen-bond donors (Lipinski definition) is 2. The minimum Gasteiger partial charge on any atom is -0.341 e. The molecule has 2 aromatic carbocycles. The molecule has 27 heavy (non-hydrogen) atoms. The maximum atomic E-state index is 12.4. The largest absolute Gasteiger partial charge is 0.341 e. The van der Waals surface area contributed by atoms with Gasteiger partial charge in [0.15, 0.2) is 0 Å². The molecule has 3 aromatic rings. The monoisotopic (exact) mass is 361 g/mol. The molecule has 1 aromatic heterocycles. The van der Waals surface area contributed by atoms with Crippen molar-refractivity contribution in [3.8, 4) is 12.3 Å². The van der Waals surface area contributed by atoms with Crippen LogP contribution in [0.25, 0.3) is 10.9 Å². The van der Waals surface area contributed by atoms with Crippen molar-refractivity contribution >= 4 is 28.4 Å². The van der Waals surface area contributed by atoms with Crippen LogP contribution >= 0.6 is 0 Å². The molecule has 2 N–H and O–H groups in total. The number of nitrogens with one attached hydrogen (secondary N) is 2. The molecule has 1 heterocycles. The SMILES string of the molecule is C#CCNC(=O)c1ccccc1NC(=O)Cn1nnc2ccccc2c1=O. The Bertz CT molecular complexity index is 1110. The molecule has 8 heteroatoms. The van der Waals surface area contributed by atoms with Crippen molar-refractivity contribution in [3.05, 3.63) is 64.4 Å². The molecule has 0 fully saturated rings. The standard InChI is InChI=1S/C19H15N5O3/c1-2-11-20-18(26)13-7-3-5-9-15(13)21-17(25)12-24-19(27)14-8-4-6-10-16(14)22-23-24/h1,3-10H,11-12H2,(H,20,26)(H,21,25). The lowest BCUT2D eigenvalue weighted by Gasteiger charge is -2.11. The Kier molecular flexibility index (Phi) is 5.23. The lowest BCUT2D eigenvalue weighted by molar-refractivity contribution is -0.117. The number of terminal acetylenes is 1. The molecule has 0 aliphatic heterocycles. The fourth-order valence-electron chi connectivity index (χ4n) is 2.47. The van der Waals surface area contributed by atoms with Gasteiger partial charge in [-0.3, -0.25) is 14.4 Å². The lowest BCUT2D eigenvalue weighted by Crippen LogP contribution is -2.31. The number of rotatable bonds is 5. The van der Waals surface area contributed by atoms with Crippen molar-refractivity contribution in [2.24, 2.45) is 0 Å². The molecule has 2 amide bonds. The highest BCUT2D eigenvalue weighted by atomic mass is 16.2. The van der Waals surface area contributed by atoms with Gasteiger partial charge in [-0.25, -0.2) is 4.68 Å². The molecule has 0 saturated heterocycles. The zero-order chi connectivity index (χ0) is 19.2. The minimum absolute atomic E-state index is 0.0726. The second-order valence-electron chi connectivity index (χ2n) is 5.55. The number of benzene rings is 2. The van der Waals surface area contributed by atoms with E-state index in [-0.39, 0.29) is 18.7 Å². The van der Waals surface area contributed by atoms with Crippen LogP contribution in [0.3, 0.4) is 0 Å². The highest BCUT2D eigenvalue weighted by Crippen LogP contribution is 2.15. The van der Waals surface area contributed by atoms with Gasteiger partial charge in [0.05, 0.1) is 23.2 Å². The van der Waals surface area contributed by atoms with Gasteiger partial charge in [0, 0.05) is 0 Å². The molecule has 0 aliphatic carbocycles. The zero-order valence-electron chi connectivity index (χ0n) is 14.2. The summed E-state index contributed by atoms with van der Waals surface area (Å²) in [6, 6.07) is 13.2. The third-order valence-corrected chi connectivity index (χ3v) is 3.72. The van der Waals surface area contributed by atoms with Gasteiger partial charge in [0.25, 0.3) is 11.5 Å². The van der Waals surface area contributed by atoms with Crippen LogP contribution in [0.4, 0.5) is 5.69 Å². The second-order valence-corrected chi connectivity index (χ2v) is 5.55. The molecule has 0 radical (unpaired) electrons. The number of hydrogen-bond acceptors (Lipinski definition) is 5. The topological polar surface area (TPSA) is 106 Å². The third-order valence-electron chi connectivity index (χ3n) is 3.72. The molecular formula is C19H15N5O3. The van der Waals surface area contributed by atoms with E-state index in [1.807, 2.05) is 0 Å². The number of fused-ring (bicyclic) bond motifs is 1. The molecular weight excluding hydrogens is 346 g/mol. The van der Waals surface area contributed by atoms with E-state index in [9.17, 15) is 14.4 Å². The van der Waals surface area contributed by atoms with Crippen LogP contribution in [0.5, 0.6) is 0 Å². The summed E-state index contributed by atoms with van der Waals surface area (Å²) < 4.78 is 0.971.